The van der Waals surface area contributed by atoms with Crippen molar-refractivity contribution in [1.29, 1.82) is 5.26 Å². The molecule has 1 atom stereocenters. The summed E-state index contributed by atoms with van der Waals surface area (Å²) in [5.74, 6) is -0.293. The van der Waals surface area contributed by atoms with E-state index in [0.29, 0.717) is 0 Å². The second-order valence-electron chi connectivity index (χ2n) is 4.58. The van der Waals surface area contributed by atoms with E-state index in [1.807, 2.05) is 0 Å². The Hall–Kier alpha value is -2.21. The fourth-order valence-electron chi connectivity index (χ4n) is 2.55. The van der Waals surface area contributed by atoms with E-state index in [0.717, 1.165) is 17.7 Å². The highest BCUT2D eigenvalue weighted by Gasteiger charge is 2.18. The van der Waals surface area contributed by atoms with Gasteiger partial charge in [-0.05, 0) is 42.0 Å². The number of aryl methyl sites for hydroxylation is 2. The molecule has 0 amide bonds. The molecular formula is C15H13N3. The lowest BCUT2D eigenvalue weighted by atomic mass is 9.94. The van der Waals surface area contributed by atoms with Crippen molar-refractivity contribution in [2.45, 2.75) is 25.2 Å². The summed E-state index contributed by atoms with van der Waals surface area (Å²) in [5, 5.41) is 9.37. The monoisotopic (exact) mass is 235 g/mol. The number of rotatable bonds is 2. The molecule has 1 heterocycles. The Balaban J connectivity index is 2.01. The number of nitrogens with zero attached hydrogens (tertiary/aromatic N) is 3. The molecule has 1 aromatic carbocycles. The lowest BCUT2D eigenvalue weighted by Crippen LogP contribution is -2.02. The molecule has 2 aromatic rings. The average molecular weight is 235 g/mol. The number of hydrogen-bond donors (Lipinski definition) is 0. The summed E-state index contributed by atoms with van der Waals surface area (Å²) in [7, 11) is 0. The van der Waals surface area contributed by atoms with Crippen molar-refractivity contribution in [3.8, 4) is 6.07 Å². The van der Waals surface area contributed by atoms with E-state index in [9.17, 15) is 5.26 Å². The molecule has 18 heavy (non-hydrogen) atoms. The molecule has 88 valence electrons. The molecule has 3 rings (SSSR count). The quantitative estimate of drug-likeness (QED) is 0.804. The zero-order chi connectivity index (χ0) is 12.4. The third-order valence-electron chi connectivity index (χ3n) is 3.49. The highest BCUT2D eigenvalue weighted by molar-refractivity contribution is 5.41. The second-order valence-corrected chi connectivity index (χ2v) is 4.58. The summed E-state index contributed by atoms with van der Waals surface area (Å²) in [6.07, 6.45) is 6.70. The molecule has 0 saturated carbocycles. The number of benzene rings is 1. The van der Waals surface area contributed by atoms with Gasteiger partial charge in [0.1, 0.15) is 12.2 Å². The topological polar surface area (TPSA) is 49.6 Å². The van der Waals surface area contributed by atoms with Gasteiger partial charge in [0, 0.05) is 6.20 Å². The first-order valence-electron chi connectivity index (χ1n) is 6.15. The Bertz CT molecular complexity index is 599. The zero-order valence-corrected chi connectivity index (χ0v) is 10.0. The third kappa shape index (κ3) is 1.86. The summed E-state index contributed by atoms with van der Waals surface area (Å²) in [5.41, 5.74) is 4.63. The first-order chi connectivity index (χ1) is 8.88. The lowest BCUT2D eigenvalue weighted by molar-refractivity contribution is 0.910. The van der Waals surface area contributed by atoms with Gasteiger partial charge in [-0.3, -0.25) is 0 Å². The van der Waals surface area contributed by atoms with Crippen LogP contribution in [-0.2, 0) is 12.8 Å². The minimum Gasteiger partial charge on any atom is -0.245 e. The van der Waals surface area contributed by atoms with Crippen LogP contribution in [0, 0.1) is 11.3 Å². The van der Waals surface area contributed by atoms with Crippen molar-refractivity contribution >= 4 is 0 Å². The molecule has 1 unspecified atom stereocenters. The molecule has 1 aliphatic carbocycles. The predicted octanol–water partition coefficient (Wildman–Crippen LogP) is 2.62. The van der Waals surface area contributed by atoms with E-state index in [1.54, 1.807) is 12.3 Å². The first kappa shape index (κ1) is 10.9. The van der Waals surface area contributed by atoms with Crippen LogP contribution in [0.1, 0.15) is 34.7 Å². The second kappa shape index (κ2) is 4.58. The zero-order valence-electron chi connectivity index (χ0n) is 10.0. The Labute approximate surface area is 106 Å². The fraction of sp³-hybridized carbons (Fsp3) is 0.267. The summed E-state index contributed by atoms with van der Waals surface area (Å²) < 4.78 is 0. The summed E-state index contributed by atoms with van der Waals surface area (Å²) in [4.78, 5) is 8.08. The van der Waals surface area contributed by atoms with Gasteiger partial charge < -0.3 is 0 Å². The maximum absolute atomic E-state index is 9.37. The van der Waals surface area contributed by atoms with Crippen molar-refractivity contribution in [2.24, 2.45) is 0 Å². The molecule has 0 saturated heterocycles. The van der Waals surface area contributed by atoms with E-state index < -0.39 is 0 Å². The van der Waals surface area contributed by atoms with Crippen molar-refractivity contribution in [3.05, 3.63) is 59.2 Å². The Morgan fingerprint density at radius 3 is 2.83 bits per heavy atom. The molecule has 0 radical (unpaired) electrons. The predicted molar refractivity (Wildman–Crippen MR) is 68.0 cm³/mol. The van der Waals surface area contributed by atoms with Gasteiger partial charge in [0.2, 0.25) is 0 Å². The number of nitriles is 1. The van der Waals surface area contributed by atoms with E-state index in [-0.39, 0.29) is 5.92 Å². The van der Waals surface area contributed by atoms with Crippen molar-refractivity contribution in [3.63, 3.8) is 0 Å². The Morgan fingerprint density at radius 1 is 1.17 bits per heavy atom. The van der Waals surface area contributed by atoms with E-state index in [4.69, 9.17) is 0 Å². The van der Waals surface area contributed by atoms with E-state index >= 15 is 0 Å². The maximum Gasteiger partial charge on any atom is 0.115 e. The molecule has 1 aliphatic rings. The van der Waals surface area contributed by atoms with E-state index in [1.165, 1.54) is 30.3 Å². The van der Waals surface area contributed by atoms with Crippen LogP contribution < -0.4 is 0 Å². The van der Waals surface area contributed by atoms with Gasteiger partial charge in [0.15, 0.2) is 0 Å². The highest BCUT2D eigenvalue weighted by Crippen LogP contribution is 2.28. The van der Waals surface area contributed by atoms with Gasteiger partial charge in [0.05, 0.1) is 11.8 Å². The largest absolute Gasteiger partial charge is 0.245 e. The molecule has 0 aliphatic heterocycles. The number of hydrogen-bond acceptors (Lipinski definition) is 3. The Kier molecular flexibility index (Phi) is 2.77. The van der Waals surface area contributed by atoms with Crippen LogP contribution in [0.2, 0.25) is 0 Å². The van der Waals surface area contributed by atoms with Gasteiger partial charge in [-0.15, -0.1) is 0 Å². The molecule has 0 bridgehead atoms. The molecule has 0 N–H and O–H groups in total. The average Bonchev–Trinajstić information content (AvgIpc) is 2.88. The van der Waals surface area contributed by atoms with Crippen LogP contribution in [0.5, 0.6) is 0 Å². The SMILES string of the molecule is N#CC(c1ccc2c(c1)CCC2)c1ccncn1. The number of aromatic nitrogens is 2. The highest BCUT2D eigenvalue weighted by atomic mass is 14.8. The summed E-state index contributed by atoms with van der Waals surface area (Å²) >= 11 is 0. The van der Waals surface area contributed by atoms with Gasteiger partial charge in [-0.1, -0.05) is 18.2 Å². The molecule has 0 spiro atoms. The van der Waals surface area contributed by atoms with Crippen molar-refractivity contribution < 1.29 is 0 Å². The van der Waals surface area contributed by atoms with Crippen LogP contribution in [0.3, 0.4) is 0 Å². The van der Waals surface area contributed by atoms with Crippen LogP contribution >= 0.6 is 0 Å². The van der Waals surface area contributed by atoms with Gasteiger partial charge >= 0.3 is 0 Å². The molecular weight excluding hydrogens is 222 g/mol. The summed E-state index contributed by atoms with van der Waals surface area (Å²) in [6.45, 7) is 0. The number of fused-ring (bicyclic) bond motifs is 1. The fourth-order valence-corrected chi connectivity index (χ4v) is 2.55. The minimum absolute atomic E-state index is 0.293. The van der Waals surface area contributed by atoms with E-state index in [2.05, 4.69) is 34.2 Å². The molecule has 3 heteroatoms. The minimum atomic E-state index is -0.293. The maximum atomic E-state index is 9.37. The van der Waals surface area contributed by atoms with Gasteiger partial charge in [-0.2, -0.15) is 5.26 Å². The Morgan fingerprint density at radius 2 is 2.06 bits per heavy atom. The standard InChI is InChI=1S/C15H13N3/c16-9-14(15-6-7-17-10-18-15)13-5-4-11-2-1-3-12(11)8-13/h4-8,10,14H,1-3H2. The van der Waals surface area contributed by atoms with Crippen molar-refractivity contribution in [1.82, 2.24) is 9.97 Å². The van der Waals surface area contributed by atoms with Crippen LogP contribution in [0.4, 0.5) is 0 Å². The third-order valence-corrected chi connectivity index (χ3v) is 3.49. The van der Waals surface area contributed by atoms with Crippen LogP contribution in [-0.4, -0.2) is 9.97 Å². The first-order valence-corrected chi connectivity index (χ1v) is 6.15. The van der Waals surface area contributed by atoms with Gasteiger partial charge in [0.25, 0.3) is 0 Å². The van der Waals surface area contributed by atoms with Crippen molar-refractivity contribution in [2.75, 3.05) is 0 Å². The van der Waals surface area contributed by atoms with Crippen LogP contribution in [0.25, 0.3) is 0 Å². The smallest absolute Gasteiger partial charge is 0.115 e. The normalized spacial score (nSPS) is 14.8. The molecule has 3 nitrogen and oxygen atoms in total. The molecule has 0 fully saturated rings. The van der Waals surface area contributed by atoms with Crippen LogP contribution in [0.15, 0.2) is 36.8 Å². The lowest BCUT2D eigenvalue weighted by Gasteiger charge is -2.10. The van der Waals surface area contributed by atoms with Gasteiger partial charge in [-0.25, -0.2) is 9.97 Å². The molecule has 1 aromatic heterocycles. The summed E-state index contributed by atoms with van der Waals surface area (Å²) in [6, 6.07) is 10.5.